The lowest BCUT2D eigenvalue weighted by Crippen LogP contribution is -2.08. The number of rotatable bonds is 7. The van der Waals surface area contributed by atoms with E-state index in [4.69, 9.17) is 28.3 Å². The molecule has 26 heavy (non-hydrogen) atoms. The molecule has 0 aliphatic carbocycles. The predicted molar refractivity (Wildman–Crippen MR) is 105 cm³/mol. The summed E-state index contributed by atoms with van der Waals surface area (Å²) in [4.78, 5) is 13.1. The molecule has 3 rings (SSSR count). The Labute approximate surface area is 161 Å². The summed E-state index contributed by atoms with van der Waals surface area (Å²) in [5.41, 5.74) is 2.31. The van der Waals surface area contributed by atoms with Gasteiger partial charge in [0, 0.05) is 52.9 Å². The fourth-order valence-corrected chi connectivity index (χ4v) is 2.83. The minimum Gasteiger partial charge on any atom is -0.396 e. The Morgan fingerprint density at radius 2 is 1.85 bits per heavy atom. The summed E-state index contributed by atoms with van der Waals surface area (Å²) >= 11 is 12.1. The number of aliphatic hydroxyl groups excluding tert-OH is 1. The molecule has 2 heterocycles. The van der Waals surface area contributed by atoms with Gasteiger partial charge in [0.05, 0.1) is 5.69 Å². The zero-order valence-electron chi connectivity index (χ0n) is 13.8. The van der Waals surface area contributed by atoms with Crippen LogP contribution in [-0.4, -0.2) is 33.2 Å². The topological polar surface area (TPSA) is 83.0 Å². The first-order chi connectivity index (χ1) is 12.6. The molecule has 0 amide bonds. The van der Waals surface area contributed by atoms with Crippen molar-refractivity contribution >= 4 is 40.7 Å². The van der Waals surface area contributed by atoms with E-state index in [1.54, 1.807) is 30.6 Å². The third-order valence-corrected chi connectivity index (χ3v) is 3.87. The molecule has 0 spiro atoms. The van der Waals surface area contributed by atoms with Crippen LogP contribution in [0.4, 0.5) is 17.5 Å². The number of halogens is 2. The Morgan fingerprint density at radius 1 is 1.04 bits per heavy atom. The van der Waals surface area contributed by atoms with E-state index < -0.39 is 0 Å². The van der Waals surface area contributed by atoms with Gasteiger partial charge in [-0.15, -0.1) is 0 Å². The maximum Gasteiger partial charge on any atom is 0.225 e. The third-order valence-electron chi connectivity index (χ3n) is 3.44. The van der Waals surface area contributed by atoms with Gasteiger partial charge in [0.15, 0.2) is 0 Å². The number of anilines is 3. The molecule has 0 saturated carbocycles. The van der Waals surface area contributed by atoms with Crippen molar-refractivity contribution in [3.05, 3.63) is 58.8 Å². The van der Waals surface area contributed by atoms with Gasteiger partial charge in [-0.1, -0.05) is 23.2 Å². The van der Waals surface area contributed by atoms with Gasteiger partial charge in [0.2, 0.25) is 5.95 Å². The normalized spacial score (nSPS) is 10.6. The van der Waals surface area contributed by atoms with Crippen molar-refractivity contribution in [2.75, 3.05) is 23.8 Å². The Balaban J connectivity index is 1.93. The van der Waals surface area contributed by atoms with Crippen molar-refractivity contribution in [3.63, 3.8) is 0 Å². The molecule has 0 saturated heterocycles. The molecule has 0 fully saturated rings. The summed E-state index contributed by atoms with van der Waals surface area (Å²) in [5.74, 6) is 1.04. The molecule has 6 nitrogen and oxygen atoms in total. The van der Waals surface area contributed by atoms with Gasteiger partial charge in [0.1, 0.15) is 5.82 Å². The van der Waals surface area contributed by atoms with Crippen LogP contribution in [0.25, 0.3) is 11.3 Å². The van der Waals surface area contributed by atoms with Crippen LogP contribution in [-0.2, 0) is 0 Å². The third kappa shape index (κ3) is 5.05. The fourth-order valence-electron chi connectivity index (χ4n) is 2.31. The van der Waals surface area contributed by atoms with E-state index in [0.717, 1.165) is 16.9 Å². The maximum absolute atomic E-state index is 8.95. The van der Waals surface area contributed by atoms with E-state index in [1.165, 1.54) is 0 Å². The van der Waals surface area contributed by atoms with Gasteiger partial charge in [-0.3, -0.25) is 4.98 Å². The lowest BCUT2D eigenvalue weighted by molar-refractivity contribution is 0.292. The summed E-state index contributed by atoms with van der Waals surface area (Å²) in [7, 11) is 0. The first kappa shape index (κ1) is 18.4. The van der Waals surface area contributed by atoms with Gasteiger partial charge in [-0.25, -0.2) is 4.98 Å². The molecule has 134 valence electrons. The van der Waals surface area contributed by atoms with E-state index in [9.17, 15) is 0 Å². The molecule has 0 aliphatic heterocycles. The summed E-state index contributed by atoms with van der Waals surface area (Å²) in [5, 5.41) is 16.3. The van der Waals surface area contributed by atoms with E-state index in [2.05, 4.69) is 25.6 Å². The average Bonchev–Trinajstić information content (AvgIpc) is 2.62. The second kappa shape index (κ2) is 8.80. The van der Waals surface area contributed by atoms with Gasteiger partial charge in [-0.05, 0) is 36.8 Å². The Hall–Kier alpha value is -2.41. The largest absolute Gasteiger partial charge is 0.396 e. The molecule has 2 aromatic heterocycles. The fraction of sp³-hybridized carbons (Fsp3) is 0.167. The number of aromatic nitrogens is 3. The maximum atomic E-state index is 8.95. The van der Waals surface area contributed by atoms with Crippen LogP contribution in [0.2, 0.25) is 10.0 Å². The number of hydrogen-bond donors (Lipinski definition) is 3. The molecule has 0 radical (unpaired) electrons. The van der Waals surface area contributed by atoms with Crippen LogP contribution < -0.4 is 10.6 Å². The monoisotopic (exact) mass is 389 g/mol. The number of aliphatic hydroxyl groups is 1. The molecule has 0 bridgehead atoms. The van der Waals surface area contributed by atoms with Gasteiger partial charge < -0.3 is 15.7 Å². The summed E-state index contributed by atoms with van der Waals surface area (Å²) in [6.45, 7) is 0.664. The highest BCUT2D eigenvalue weighted by atomic mass is 35.5. The number of nitrogens with one attached hydrogen (secondary N) is 2. The van der Waals surface area contributed by atoms with Crippen LogP contribution >= 0.6 is 23.2 Å². The highest BCUT2D eigenvalue weighted by Gasteiger charge is 2.08. The zero-order chi connectivity index (χ0) is 18.4. The van der Waals surface area contributed by atoms with Crippen LogP contribution in [0.15, 0.2) is 48.8 Å². The molecular formula is C18H17Cl2N5O. The van der Waals surface area contributed by atoms with Gasteiger partial charge in [-0.2, -0.15) is 4.98 Å². The Morgan fingerprint density at radius 3 is 2.54 bits per heavy atom. The first-order valence-electron chi connectivity index (χ1n) is 8.01. The molecule has 3 N–H and O–H groups in total. The Kier molecular flexibility index (Phi) is 6.22. The number of pyridine rings is 1. The predicted octanol–water partition coefficient (Wildman–Crippen LogP) is 4.38. The molecule has 3 aromatic rings. The van der Waals surface area contributed by atoms with Crippen molar-refractivity contribution in [1.29, 1.82) is 0 Å². The van der Waals surface area contributed by atoms with Crippen LogP contribution in [0.5, 0.6) is 0 Å². The summed E-state index contributed by atoms with van der Waals surface area (Å²) in [6.07, 6.45) is 4.05. The Bertz CT molecular complexity index is 856. The second-order valence-electron chi connectivity index (χ2n) is 5.49. The SMILES string of the molecule is OCCCNc1nc(Nc2cc(Cl)cc(Cl)c2)cc(-c2cccnc2)n1. The lowest BCUT2D eigenvalue weighted by atomic mass is 10.2. The quantitative estimate of drug-likeness (QED) is 0.520. The van der Waals surface area contributed by atoms with Crippen molar-refractivity contribution in [3.8, 4) is 11.3 Å². The minimum atomic E-state index is 0.0986. The number of benzene rings is 1. The van der Waals surface area contributed by atoms with Crippen molar-refractivity contribution in [2.45, 2.75) is 6.42 Å². The number of nitrogens with zero attached hydrogens (tertiary/aromatic N) is 3. The van der Waals surface area contributed by atoms with Crippen LogP contribution in [0.3, 0.4) is 0 Å². The van der Waals surface area contributed by atoms with Crippen molar-refractivity contribution < 1.29 is 5.11 Å². The van der Waals surface area contributed by atoms with Gasteiger partial charge in [0.25, 0.3) is 0 Å². The van der Waals surface area contributed by atoms with E-state index in [1.807, 2.05) is 18.2 Å². The molecule has 1 aromatic carbocycles. The van der Waals surface area contributed by atoms with Crippen molar-refractivity contribution in [2.24, 2.45) is 0 Å². The molecular weight excluding hydrogens is 373 g/mol. The molecule has 0 aliphatic rings. The molecule has 8 heteroatoms. The highest BCUT2D eigenvalue weighted by molar-refractivity contribution is 6.35. The smallest absolute Gasteiger partial charge is 0.225 e. The molecule has 0 atom stereocenters. The highest BCUT2D eigenvalue weighted by Crippen LogP contribution is 2.27. The zero-order valence-corrected chi connectivity index (χ0v) is 15.3. The standard InChI is InChI=1S/C18H17Cl2N5O/c19-13-7-14(20)9-15(8-13)23-17-10-16(12-3-1-4-21-11-12)24-18(25-17)22-5-2-6-26/h1,3-4,7-11,26H,2,5-6H2,(H2,22,23,24,25). The van der Waals surface area contributed by atoms with E-state index >= 15 is 0 Å². The minimum absolute atomic E-state index is 0.0986. The van der Waals surface area contributed by atoms with Crippen molar-refractivity contribution in [1.82, 2.24) is 15.0 Å². The van der Waals surface area contributed by atoms with Crippen LogP contribution in [0.1, 0.15) is 6.42 Å². The van der Waals surface area contributed by atoms with E-state index in [0.29, 0.717) is 34.8 Å². The number of hydrogen-bond acceptors (Lipinski definition) is 6. The molecule has 0 unspecified atom stereocenters. The first-order valence-corrected chi connectivity index (χ1v) is 8.77. The lowest BCUT2D eigenvalue weighted by Gasteiger charge is -2.12. The average molecular weight is 390 g/mol. The second-order valence-corrected chi connectivity index (χ2v) is 6.36. The van der Waals surface area contributed by atoms with Gasteiger partial charge >= 0.3 is 0 Å². The summed E-state index contributed by atoms with van der Waals surface area (Å²) in [6, 6.07) is 10.8. The van der Waals surface area contributed by atoms with Crippen LogP contribution in [0, 0.1) is 0 Å². The van der Waals surface area contributed by atoms with E-state index in [-0.39, 0.29) is 6.61 Å². The summed E-state index contributed by atoms with van der Waals surface area (Å²) < 4.78 is 0.